The second-order valence-electron chi connectivity index (χ2n) is 4.41. The predicted octanol–water partition coefficient (Wildman–Crippen LogP) is 1.79. The summed E-state index contributed by atoms with van der Waals surface area (Å²) >= 11 is 0. The number of hydrogen-bond donors (Lipinski definition) is 2. The van der Waals surface area contributed by atoms with Crippen LogP contribution in [-0.4, -0.2) is 39.1 Å². The van der Waals surface area contributed by atoms with Gasteiger partial charge in [-0.25, -0.2) is 9.97 Å². The molecule has 2 N–H and O–H groups in total. The predicted molar refractivity (Wildman–Crippen MR) is 73.1 cm³/mol. The molecule has 3 aromatic rings. The summed E-state index contributed by atoms with van der Waals surface area (Å²) in [6, 6.07) is 5.54. The largest absolute Gasteiger partial charge is 0.506 e. The molecule has 0 saturated carbocycles. The quantitative estimate of drug-likeness (QED) is 0.730. The summed E-state index contributed by atoms with van der Waals surface area (Å²) in [5.74, 6) is 1.51. The molecule has 0 aliphatic carbocycles. The third-order valence-electron chi connectivity index (χ3n) is 2.84. The van der Waals surface area contributed by atoms with Gasteiger partial charge < -0.3 is 15.0 Å². The molecule has 6 nitrogen and oxygen atoms in total. The summed E-state index contributed by atoms with van der Waals surface area (Å²) in [6.45, 7) is 0. The van der Waals surface area contributed by atoms with Crippen molar-refractivity contribution in [2.24, 2.45) is 0 Å². The first-order valence-corrected chi connectivity index (χ1v) is 5.82. The molecule has 0 aliphatic rings. The van der Waals surface area contributed by atoms with Crippen molar-refractivity contribution < 1.29 is 5.11 Å². The van der Waals surface area contributed by atoms with Crippen LogP contribution in [0.5, 0.6) is 5.75 Å². The van der Waals surface area contributed by atoms with Crippen LogP contribution < -0.4 is 4.90 Å². The average molecular weight is 255 g/mol. The van der Waals surface area contributed by atoms with Crippen molar-refractivity contribution in [1.29, 1.82) is 0 Å². The van der Waals surface area contributed by atoms with Crippen LogP contribution in [0.1, 0.15) is 0 Å². The monoisotopic (exact) mass is 255 g/mol. The van der Waals surface area contributed by atoms with Crippen LogP contribution in [0.15, 0.2) is 30.6 Å². The molecule has 0 unspecified atom stereocenters. The van der Waals surface area contributed by atoms with E-state index in [0.29, 0.717) is 17.0 Å². The van der Waals surface area contributed by atoms with Gasteiger partial charge in [-0.1, -0.05) is 0 Å². The number of aromatic amines is 1. The van der Waals surface area contributed by atoms with Gasteiger partial charge in [-0.3, -0.25) is 4.98 Å². The first kappa shape index (κ1) is 11.5. The lowest BCUT2D eigenvalue weighted by molar-refractivity contribution is 0.474. The summed E-state index contributed by atoms with van der Waals surface area (Å²) in [6.07, 6.45) is 3.00. The maximum Gasteiger partial charge on any atom is 0.180 e. The van der Waals surface area contributed by atoms with Crippen LogP contribution in [-0.2, 0) is 0 Å². The lowest BCUT2D eigenvalue weighted by Crippen LogP contribution is -2.10. The fraction of sp³-hybridized carbons (Fsp3) is 0.154. The molecule has 0 atom stereocenters. The Morgan fingerprint density at radius 2 is 2.00 bits per heavy atom. The number of imidazole rings is 1. The minimum absolute atomic E-state index is 0.0920. The molecule has 0 aromatic carbocycles. The Morgan fingerprint density at radius 3 is 2.74 bits per heavy atom. The molecule has 0 bridgehead atoms. The van der Waals surface area contributed by atoms with E-state index in [-0.39, 0.29) is 5.75 Å². The van der Waals surface area contributed by atoms with Gasteiger partial charge in [-0.05, 0) is 18.2 Å². The normalized spacial score (nSPS) is 10.8. The van der Waals surface area contributed by atoms with Gasteiger partial charge in [0.05, 0.1) is 17.3 Å². The molecule has 3 aromatic heterocycles. The summed E-state index contributed by atoms with van der Waals surface area (Å²) in [5.41, 5.74) is 2.06. The lowest BCUT2D eigenvalue weighted by Gasteiger charge is -2.09. The molecule has 0 fully saturated rings. The van der Waals surface area contributed by atoms with E-state index in [4.69, 9.17) is 0 Å². The number of rotatable bonds is 2. The third-order valence-corrected chi connectivity index (χ3v) is 2.84. The van der Waals surface area contributed by atoms with Gasteiger partial charge in [0.25, 0.3) is 0 Å². The van der Waals surface area contributed by atoms with E-state index in [1.54, 1.807) is 12.3 Å². The van der Waals surface area contributed by atoms with Gasteiger partial charge in [0.1, 0.15) is 17.4 Å². The van der Waals surface area contributed by atoms with Gasteiger partial charge >= 0.3 is 0 Å². The molecular formula is C13H13N5O. The van der Waals surface area contributed by atoms with Crippen molar-refractivity contribution >= 4 is 17.0 Å². The van der Waals surface area contributed by atoms with Crippen molar-refractivity contribution in [1.82, 2.24) is 19.9 Å². The zero-order chi connectivity index (χ0) is 13.4. The SMILES string of the molecule is CN(C)c1ccc2[nH]c(-c3ccncc3O)nc2n1. The summed E-state index contributed by atoms with van der Waals surface area (Å²) in [4.78, 5) is 17.7. The zero-order valence-electron chi connectivity index (χ0n) is 10.6. The van der Waals surface area contributed by atoms with E-state index in [2.05, 4.69) is 19.9 Å². The zero-order valence-corrected chi connectivity index (χ0v) is 10.6. The molecule has 0 amide bonds. The number of aromatic nitrogens is 4. The molecule has 96 valence electrons. The van der Waals surface area contributed by atoms with Gasteiger partial charge in [0, 0.05) is 20.3 Å². The van der Waals surface area contributed by atoms with Crippen molar-refractivity contribution in [2.45, 2.75) is 0 Å². The Hall–Kier alpha value is -2.63. The van der Waals surface area contributed by atoms with Gasteiger partial charge in [-0.15, -0.1) is 0 Å². The number of hydrogen-bond acceptors (Lipinski definition) is 5. The highest BCUT2D eigenvalue weighted by molar-refractivity contribution is 5.78. The standard InChI is InChI=1S/C13H13N5O/c1-18(2)11-4-3-9-13(16-11)17-12(15-9)8-5-6-14-7-10(8)19/h3-7,19H,1-2H3,(H,15,16,17). The summed E-state index contributed by atoms with van der Waals surface area (Å²) in [7, 11) is 3.85. The smallest absolute Gasteiger partial charge is 0.180 e. The maximum absolute atomic E-state index is 9.78. The van der Waals surface area contributed by atoms with E-state index in [1.807, 2.05) is 31.1 Å². The van der Waals surface area contributed by atoms with E-state index >= 15 is 0 Å². The molecule has 0 spiro atoms. The highest BCUT2D eigenvalue weighted by Gasteiger charge is 2.10. The Balaban J connectivity index is 2.14. The van der Waals surface area contributed by atoms with Gasteiger partial charge in [0.15, 0.2) is 5.65 Å². The number of aromatic hydroxyl groups is 1. The minimum atomic E-state index is 0.0920. The minimum Gasteiger partial charge on any atom is -0.506 e. The maximum atomic E-state index is 9.78. The van der Waals surface area contributed by atoms with Gasteiger partial charge in [-0.2, -0.15) is 0 Å². The Morgan fingerprint density at radius 1 is 1.16 bits per heavy atom. The van der Waals surface area contributed by atoms with Crippen LogP contribution in [0.2, 0.25) is 0 Å². The van der Waals surface area contributed by atoms with Gasteiger partial charge in [0.2, 0.25) is 0 Å². The molecular weight excluding hydrogens is 242 g/mol. The number of anilines is 1. The fourth-order valence-corrected chi connectivity index (χ4v) is 1.85. The lowest BCUT2D eigenvalue weighted by atomic mass is 10.2. The van der Waals surface area contributed by atoms with Crippen LogP contribution in [0.3, 0.4) is 0 Å². The fourth-order valence-electron chi connectivity index (χ4n) is 1.85. The molecule has 3 rings (SSSR count). The second kappa shape index (κ2) is 4.24. The number of H-pyrrole nitrogens is 1. The Bertz CT molecular complexity index is 735. The molecule has 3 heterocycles. The van der Waals surface area contributed by atoms with E-state index in [0.717, 1.165) is 11.3 Å². The van der Waals surface area contributed by atoms with Crippen LogP contribution in [0.25, 0.3) is 22.6 Å². The highest BCUT2D eigenvalue weighted by Crippen LogP contribution is 2.27. The molecule has 6 heteroatoms. The van der Waals surface area contributed by atoms with Crippen molar-refractivity contribution in [3.05, 3.63) is 30.6 Å². The highest BCUT2D eigenvalue weighted by atomic mass is 16.3. The molecule has 0 radical (unpaired) electrons. The number of fused-ring (bicyclic) bond motifs is 1. The molecule has 0 aliphatic heterocycles. The number of pyridine rings is 2. The van der Waals surface area contributed by atoms with Crippen molar-refractivity contribution in [3.63, 3.8) is 0 Å². The topological polar surface area (TPSA) is 77.9 Å². The summed E-state index contributed by atoms with van der Waals surface area (Å²) in [5, 5.41) is 9.78. The first-order valence-electron chi connectivity index (χ1n) is 5.82. The van der Waals surface area contributed by atoms with Crippen molar-refractivity contribution in [3.8, 4) is 17.1 Å². The number of nitrogens with zero attached hydrogens (tertiary/aromatic N) is 4. The van der Waals surface area contributed by atoms with Crippen LogP contribution >= 0.6 is 0 Å². The molecule has 19 heavy (non-hydrogen) atoms. The Labute approximate surface area is 109 Å². The number of nitrogens with one attached hydrogen (secondary N) is 1. The first-order chi connectivity index (χ1) is 9.15. The third kappa shape index (κ3) is 1.97. The second-order valence-corrected chi connectivity index (χ2v) is 4.41. The Kier molecular flexibility index (Phi) is 2.56. The summed E-state index contributed by atoms with van der Waals surface area (Å²) < 4.78 is 0. The van der Waals surface area contributed by atoms with E-state index in [9.17, 15) is 5.11 Å². The van der Waals surface area contributed by atoms with E-state index in [1.165, 1.54) is 6.20 Å². The van der Waals surface area contributed by atoms with Crippen LogP contribution in [0.4, 0.5) is 5.82 Å². The van der Waals surface area contributed by atoms with E-state index < -0.39 is 0 Å². The average Bonchev–Trinajstić information content (AvgIpc) is 2.81. The van der Waals surface area contributed by atoms with Crippen LogP contribution in [0, 0.1) is 0 Å². The van der Waals surface area contributed by atoms with Crippen molar-refractivity contribution in [2.75, 3.05) is 19.0 Å². The molecule has 0 saturated heterocycles.